The van der Waals surface area contributed by atoms with E-state index in [1.165, 1.54) is 24.3 Å². The van der Waals surface area contributed by atoms with E-state index in [1.54, 1.807) is 6.07 Å². The van der Waals surface area contributed by atoms with Gasteiger partial charge in [-0.15, -0.1) is 0 Å². The summed E-state index contributed by atoms with van der Waals surface area (Å²) in [4.78, 5) is -0.598. The molecule has 0 aliphatic carbocycles. The van der Waals surface area contributed by atoms with E-state index in [-0.39, 0.29) is 16.4 Å². The standard InChI is InChI=1S/C12H9BrClFN2O2S/c13-7-4-5-11(8(14)6-7)17-20(18,19)12-9(15)2-1-3-10(12)16/h1-6,17H,16H2. The number of anilines is 2. The van der Waals surface area contributed by atoms with Crippen LogP contribution in [0.15, 0.2) is 45.8 Å². The fraction of sp³-hybridized carbons (Fsp3) is 0. The summed E-state index contributed by atoms with van der Waals surface area (Å²) in [5, 5.41) is 0.179. The summed E-state index contributed by atoms with van der Waals surface area (Å²) in [6.45, 7) is 0. The van der Waals surface area contributed by atoms with E-state index in [2.05, 4.69) is 20.7 Å². The molecule has 8 heteroatoms. The van der Waals surface area contributed by atoms with Gasteiger partial charge in [0.1, 0.15) is 10.7 Å². The van der Waals surface area contributed by atoms with Crippen molar-refractivity contribution in [2.75, 3.05) is 10.5 Å². The Balaban J connectivity index is 2.46. The second kappa shape index (κ2) is 5.59. The molecule has 0 aliphatic rings. The average Bonchev–Trinajstić information content (AvgIpc) is 2.32. The lowest BCUT2D eigenvalue weighted by atomic mass is 10.3. The van der Waals surface area contributed by atoms with Gasteiger partial charge in [0.05, 0.1) is 16.4 Å². The highest BCUT2D eigenvalue weighted by molar-refractivity contribution is 9.10. The fourth-order valence-corrected chi connectivity index (χ4v) is 3.63. The monoisotopic (exact) mass is 378 g/mol. The predicted octanol–water partition coefficient (Wildman–Crippen LogP) is 3.62. The molecule has 0 amide bonds. The first kappa shape index (κ1) is 15.1. The molecule has 2 aromatic rings. The average molecular weight is 380 g/mol. The summed E-state index contributed by atoms with van der Waals surface area (Å²) < 4.78 is 40.9. The molecule has 0 radical (unpaired) electrons. The zero-order chi connectivity index (χ0) is 14.9. The van der Waals surface area contributed by atoms with Gasteiger partial charge in [-0.05, 0) is 30.3 Å². The van der Waals surface area contributed by atoms with Crippen molar-refractivity contribution < 1.29 is 12.8 Å². The minimum atomic E-state index is -4.16. The molecule has 0 heterocycles. The molecule has 3 N–H and O–H groups in total. The molecule has 0 aromatic heterocycles. The number of hydrogen-bond acceptors (Lipinski definition) is 3. The molecule has 2 aromatic carbocycles. The van der Waals surface area contributed by atoms with Crippen LogP contribution in [0.4, 0.5) is 15.8 Å². The van der Waals surface area contributed by atoms with Crippen LogP contribution in [-0.4, -0.2) is 8.42 Å². The highest BCUT2D eigenvalue weighted by Crippen LogP contribution is 2.29. The smallest absolute Gasteiger partial charge is 0.266 e. The first-order valence-electron chi connectivity index (χ1n) is 5.33. The molecular weight excluding hydrogens is 371 g/mol. The number of rotatable bonds is 3. The van der Waals surface area contributed by atoms with Gasteiger partial charge in [0, 0.05) is 4.47 Å². The van der Waals surface area contributed by atoms with Gasteiger partial charge in [0.2, 0.25) is 0 Å². The van der Waals surface area contributed by atoms with Crippen molar-refractivity contribution in [1.82, 2.24) is 0 Å². The molecular formula is C12H9BrClFN2O2S. The van der Waals surface area contributed by atoms with Crippen LogP contribution >= 0.6 is 27.5 Å². The maximum Gasteiger partial charge on any atom is 0.266 e. The van der Waals surface area contributed by atoms with Gasteiger partial charge in [-0.2, -0.15) is 0 Å². The van der Waals surface area contributed by atoms with Crippen molar-refractivity contribution >= 4 is 48.9 Å². The van der Waals surface area contributed by atoms with E-state index in [9.17, 15) is 12.8 Å². The molecule has 0 saturated carbocycles. The second-order valence-corrected chi connectivity index (χ2v) is 6.83. The number of hydrogen-bond donors (Lipinski definition) is 2. The second-order valence-electron chi connectivity index (χ2n) is 3.89. The molecule has 0 atom stereocenters. The Kier molecular flexibility index (Phi) is 4.22. The Labute approximate surface area is 128 Å². The third-order valence-corrected chi connectivity index (χ3v) is 4.70. The Morgan fingerprint density at radius 1 is 1.25 bits per heavy atom. The molecule has 0 fully saturated rings. The summed E-state index contributed by atoms with van der Waals surface area (Å²) >= 11 is 9.12. The maximum absolute atomic E-state index is 13.7. The zero-order valence-electron chi connectivity index (χ0n) is 9.90. The van der Waals surface area contributed by atoms with E-state index >= 15 is 0 Å². The molecule has 0 unspecified atom stereocenters. The zero-order valence-corrected chi connectivity index (χ0v) is 13.1. The van der Waals surface area contributed by atoms with Crippen LogP contribution in [0.5, 0.6) is 0 Å². The molecule has 0 spiro atoms. The summed E-state index contributed by atoms with van der Waals surface area (Å²) in [6, 6.07) is 8.24. The molecule has 0 saturated heterocycles. The SMILES string of the molecule is Nc1cccc(F)c1S(=O)(=O)Nc1ccc(Br)cc1Cl. The van der Waals surface area contributed by atoms with Crippen molar-refractivity contribution in [3.8, 4) is 0 Å². The summed E-state index contributed by atoms with van der Waals surface area (Å²) in [5.41, 5.74) is 5.49. The Morgan fingerprint density at radius 2 is 1.95 bits per heavy atom. The van der Waals surface area contributed by atoms with Gasteiger partial charge >= 0.3 is 0 Å². The van der Waals surface area contributed by atoms with Crippen molar-refractivity contribution in [2.45, 2.75) is 4.90 Å². The highest BCUT2D eigenvalue weighted by Gasteiger charge is 2.23. The van der Waals surface area contributed by atoms with Crippen molar-refractivity contribution in [3.63, 3.8) is 0 Å². The third-order valence-electron chi connectivity index (χ3n) is 2.44. The van der Waals surface area contributed by atoms with Gasteiger partial charge in [-0.1, -0.05) is 33.6 Å². The predicted molar refractivity (Wildman–Crippen MR) is 80.8 cm³/mol. The van der Waals surface area contributed by atoms with Gasteiger partial charge in [-0.3, -0.25) is 4.72 Å². The topological polar surface area (TPSA) is 72.2 Å². The van der Waals surface area contributed by atoms with E-state index in [0.29, 0.717) is 4.47 Å². The summed E-state index contributed by atoms with van der Waals surface area (Å²) in [6.07, 6.45) is 0. The number of nitrogens with two attached hydrogens (primary N) is 1. The fourth-order valence-electron chi connectivity index (χ4n) is 1.58. The van der Waals surface area contributed by atoms with Crippen LogP contribution in [-0.2, 0) is 10.0 Å². The highest BCUT2D eigenvalue weighted by atomic mass is 79.9. The van der Waals surface area contributed by atoms with Gasteiger partial charge < -0.3 is 5.73 Å². The molecule has 4 nitrogen and oxygen atoms in total. The van der Waals surface area contributed by atoms with Gasteiger partial charge in [0.25, 0.3) is 10.0 Å². The Hall–Kier alpha value is -1.31. The minimum absolute atomic E-state index is 0.137. The van der Waals surface area contributed by atoms with E-state index < -0.39 is 20.7 Å². The number of halogens is 3. The maximum atomic E-state index is 13.7. The normalized spacial score (nSPS) is 11.3. The van der Waals surface area contributed by atoms with Crippen molar-refractivity contribution in [2.24, 2.45) is 0 Å². The number of sulfonamides is 1. The van der Waals surface area contributed by atoms with Crippen LogP contribution in [0.2, 0.25) is 5.02 Å². The van der Waals surface area contributed by atoms with Crippen molar-refractivity contribution in [3.05, 3.63) is 51.7 Å². The van der Waals surface area contributed by atoms with Crippen LogP contribution in [0.3, 0.4) is 0 Å². The van der Waals surface area contributed by atoms with Gasteiger partial charge in [-0.25, -0.2) is 12.8 Å². The third kappa shape index (κ3) is 3.05. The van der Waals surface area contributed by atoms with E-state index in [4.69, 9.17) is 17.3 Å². The van der Waals surface area contributed by atoms with E-state index in [0.717, 1.165) is 6.07 Å². The summed E-state index contributed by atoms with van der Waals surface area (Å²) in [7, 11) is -4.16. The molecule has 20 heavy (non-hydrogen) atoms. The van der Waals surface area contributed by atoms with Crippen LogP contribution in [0, 0.1) is 5.82 Å². The Bertz CT molecular complexity index is 748. The number of nitrogens with one attached hydrogen (secondary N) is 1. The van der Waals surface area contributed by atoms with Crippen LogP contribution in [0.25, 0.3) is 0 Å². The van der Waals surface area contributed by atoms with Crippen molar-refractivity contribution in [1.29, 1.82) is 0 Å². The molecule has 106 valence electrons. The first-order chi connectivity index (χ1) is 9.31. The lowest BCUT2D eigenvalue weighted by Gasteiger charge is -2.12. The lowest BCUT2D eigenvalue weighted by Crippen LogP contribution is -2.16. The molecule has 0 aliphatic heterocycles. The minimum Gasteiger partial charge on any atom is -0.398 e. The first-order valence-corrected chi connectivity index (χ1v) is 7.98. The van der Waals surface area contributed by atoms with Gasteiger partial charge in [0.15, 0.2) is 0 Å². The molecule has 0 bridgehead atoms. The summed E-state index contributed by atoms with van der Waals surface area (Å²) in [5.74, 6) is -0.925. The quantitative estimate of drug-likeness (QED) is 0.800. The lowest BCUT2D eigenvalue weighted by molar-refractivity contribution is 0.572. The number of nitrogen functional groups attached to an aromatic ring is 1. The largest absolute Gasteiger partial charge is 0.398 e. The van der Waals surface area contributed by atoms with E-state index in [1.807, 2.05) is 0 Å². The van der Waals surface area contributed by atoms with Crippen LogP contribution < -0.4 is 10.5 Å². The number of benzene rings is 2. The Morgan fingerprint density at radius 3 is 2.55 bits per heavy atom. The molecule has 2 rings (SSSR count). The van der Waals surface area contributed by atoms with Crippen LogP contribution in [0.1, 0.15) is 0 Å².